The van der Waals surface area contributed by atoms with Gasteiger partial charge in [0, 0.05) is 19.1 Å². The van der Waals surface area contributed by atoms with Crippen LogP contribution < -0.4 is 4.74 Å². The Morgan fingerprint density at radius 2 is 1.92 bits per heavy atom. The summed E-state index contributed by atoms with van der Waals surface area (Å²) in [5, 5.41) is 9.15. The SMILES string of the molecule is O=C(O)CC1CCCCN1Cc1cccc(OCCN2CCCCC2)c1. The summed E-state index contributed by atoms with van der Waals surface area (Å²) in [7, 11) is 0. The molecule has 0 bridgehead atoms. The van der Waals surface area contributed by atoms with Crippen LogP contribution in [0.3, 0.4) is 0 Å². The number of ether oxygens (including phenoxy) is 1. The standard InChI is InChI=1S/C21H32N2O3/c24-21(25)16-19-8-2-5-12-23(19)17-18-7-6-9-20(15-18)26-14-13-22-10-3-1-4-11-22/h6-7,9,15,19H,1-5,8,10-14,16-17H2,(H,24,25). The quantitative estimate of drug-likeness (QED) is 0.770. The van der Waals surface area contributed by atoms with Crippen molar-refractivity contribution in [3.63, 3.8) is 0 Å². The molecule has 1 N–H and O–H groups in total. The highest BCUT2D eigenvalue weighted by molar-refractivity contribution is 5.67. The molecule has 1 aromatic rings. The van der Waals surface area contributed by atoms with Crippen LogP contribution >= 0.6 is 0 Å². The molecular formula is C21H32N2O3. The van der Waals surface area contributed by atoms with Crippen molar-refractivity contribution in [1.82, 2.24) is 9.80 Å². The highest BCUT2D eigenvalue weighted by Crippen LogP contribution is 2.23. The number of piperidine rings is 2. The fraction of sp³-hybridized carbons (Fsp3) is 0.667. The predicted octanol–water partition coefficient (Wildman–Crippen LogP) is 3.38. The van der Waals surface area contributed by atoms with Crippen LogP contribution in [0, 0.1) is 0 Å². The number of benzene rings is 1. The van der Waals surface area contributed by atoms with Crippen LogP contribution in [0.2, 0.25) is 0 Å². The van der Waals surface area contributed by atoms with Crippen LogP contribution in [0.5, 0.6) is 5.75 Å². The number of nitrogens with zero attached hydrogens (tertiary/aromatic N) is 2. The molecule has 1 aromatic carbocycles. The van der Waals surface area contributed by atoms with Crippen LogP contribution in [0.25, 0.3) is 0 Å². The summed E-state index contributed by atoms with van der Waals surface area (Å²) in [6.07, 6.45) is 7.49. The van der Waals surface area contributed by atoms with Gasteiger partial charge in [0.05, 0.1) is 6.42 Å². The first-order valence-electron chi connectivity index (χ1n) is 10.1. The van der Waals surface area contributed by atoms with E-state index in [-0.39, 0.29) is 12.5 Å². The Labute approximate surface area is 156 Å². The molecule has 1 atom stereocenters. The third-order valence-electron chi connectivity index (χ3n) is 5.57. The fourth-order valence-electron chi connectivity index (χ4n) is 4.14. The average Bonchev–Trinajstić information content (AvgIpc) is 2.64. The van der Waals surface area contributed by atoms with Gasteiger partial charge < -0.3 is 9.84 Å². The van der Waals surface area contributed by atoms with Gasteiger partial charge >= 0.3 is 5.97 Å². The largest absolute Gasteiger partial charge is 0.492 e. The molecule has 3 rings (SSSR count). The summed E-state index contributed by atoms with van der Waals surface area (Å²) in [6.45, 7) is 5.91. The van der Waals surface area contributed by atoms with E-state index in [2.05, 4.69) is 21.9 Å². The van der Waals surface area contributed by atoms with E-state index >= 15 is 0 Å². The third kappa shape index (κ3) is 5.99. The maximum atomic E-state index is 11.1. The Morgan fingerprint density at radius 1 is 1.12 bits per heavy atom. The van der Waals surface area contributed by atoms with Crippen LogP contribution in [0.4, 0.5) is 0 Å². The van der Waals surface area contributed by atoms with Gasteiger partial charge in [-0.15, -0.1) is 0 Å². The zero-order valence-corrected chi connectivity index (χ0v) is 15.7. The molecule has 5 heteroatoms. The van der Waals surface area contributed by atoms with Crippen molar-refractivity contribution in [2.45, 2.75) is 57.5 Å². The molecule has 0 aliphatic carbocycles. The lowest BCUT2D eigenvalue weighted by atomic mass is 9.98. The summed E-state index contributed by atoms with van der Waals surface area (Å²) >= 11 is 0. The second kappa shape index (κ2) is 9.93. The lowest BCUT2D eigenvalue weighted by Gasteiger charge is -2.35. The Bertz CT molecular complexity index is 572. The minimum Gasteiger partial charge on any atom is -0.492 e. The Balaban J connectivity index is 1.50. The second-order valence-corrected chi connectivity index (χ2v) is 7.62. The summed E-state index contributed by atoms with van der Waals surface area (Å²) in [4.78, 5) is 15.9. The van der Waals surface area contributed by atoms with Crippen molar-refractivity contribution in [2.75, 3.05) is 32.8 Å². The Morgan fingerprint density at radius 3 is 2.73 bits per heavy atom. The maximum absolute atomic E-state index is 11.1. The smallest absolute Gasteiger partial charge is 0.304 e. The second-order valence-electron chi connectivity index (χ2n) is 7.62. The summed E-state index contributed by atoms with van der Waals surface area (Å²) < 4.78 is 5.98. The highest BCUT2D eigenvalue weighted by Gasteiger charge is 2.24. The molecule has 5 nitrogen and oxygen atoms in total. The van der Waals surface area contributed by atoms with Crippen LogP contribution in [-0.4, -0.2) is 59.7 Å². The van der Waals surface area contributed by atoms with Crippen molar-refractivity contribution in [3.05, 3.63) is 29.8 Å². The molecule has 2 aliphatic heterocycles. The van der Waals surface area contributed by atoms with E-state index < -0.39 is 5.97 Å². The van der Waals surface area contributed by atoms with Gasteiger partial charge in [-0.2, -0.15) is 0 Å². The lowest BCUT2D eigenvalue weighted by Crippen LogP contribution is -2.40. The molecule has 0 aromatic heterocycles. The average molecular weight is 360 g/mol. The van der Waals surface area contributed by atoms with E-state index in [9.17, 15) is 4.79 Å². The van der Waals surface area contributed by atoms with Gasteiger partial charge in [-0.1, -0.05) is 25.0 Å². The zero-order valence-electron chi connectivity index (χ0n) is 15.7. The predicted molar refractivity (Wildman–Crippen MR) is 103 cm³/mol. The van der Waals surface area contributed by atoms with Gasteiger partial charge in [0.25, 0.3) is 0 Å². The van der Waals surface area contributed by atoms with Crippen molar-refractivity contribution in [1.29, 1.82) is 0 Å². The number of aliphatic carboxylic acids is 1. The first kappa shape index (κ1) is 19.2. The minimum atomic E-state index is -0.698. The third-order valence-corrected chi connectivity index (χ3v) is 5.57. The maximum Gasteiger partial charge on any atom is 0.304 e. The van der Waals surface area contributed by atoms with Gasteiger partial charge in [-0.05, 0) is 63.0 Å². The van der Waals surface area contributed by atoms with E-state index in [0.29, 0.717) is 0 Å². The van der Waals surface area contributed by atoms with E-state index in [1.165, 1.54) is 37.9 Å². The Kier molecular flexibility index (Phi) is 7.32. The summed E-state index contributed by atoms with van der Waals surface area (Å²) in [5.74, 6) is 0.225. The zero-order chi connectivity index (χ0) is 18.2. The number of hydrogen-bond donors (Lipinski definition) is 1. The van der Waals surface area contributed by atoms with E-state index in [1.54, 1.807) is 0 Å². The molecule has 2 fully saturated rings. The molecular weight excluding hydrogens is 328 g/mol. The number of hydrogen-bond acceptors (Lipinski definition) is 4. The summed E-state index contributed by atoms with van der Waals surface area (Å²) in [5.41, 5.74) is 1.21. The molecule has 2 aliphatic rings. The minimum absolute atomic E-state index is 0.157. The van der Waals surface area contributed by atoms with Gasteiger partial charge in [0.1, 0.15) is 12.4 Å². The van der Waals surface area contributed by atoms with Crippen molar-refractivity contribution < 1.29 is 14.6 Å². The number of likely N-dealkylation sites (tertiary alicyclic amines) is 2. The molecule has 1 unspecified atom stereocenters. The van der Waals surface area contributed by atoms with E-state index in [0.717, 1.165) is 51.3 Å². The number of carbonyl (C=O) groups is 1. The molecule has 0 amide bonds. The topological polar surface area (TPSA) is 53.0 Å². The highest BCUT2D eigenvalue weighted by atomic mass is 16.5. The van der Waals surface area contributed by atoms with Crippen LogP contribution in [-0.2, 0) is 11.3 Å². The van der Waals surface area contributed by atoms with Gasteiger partial charge in [-0.3, -0.25) is 14.6 Å². The molecule has 2 saturated heterocycles. The van der Waals surface area contributed by atoms with Crippen molar-refractivity contribution >= 4 is 5.97 Å². The molecule has 144 valence electrons. The first-order valence-corrected chi connectivity index (χ1v) is 10.1. The molecule has 0 saturated carbocycles. The fourth-order valence-corrected chi connectivity index (χ4v) is 4.14. The van der Waals surface area contributed by atoms with E-state index in [1.807, 2.05) is 12.1 Å². The monoisotopic (exact) mass is 360 g/mol. The van der Waals surface area contributed by atoms with Crippen LogP contribution in [0.15, 0.2) is 24.3 Å². The Hall–Kier alpha value is -1.59. The molecule has 2 heterocycles. The normalized spacial score (nSPS) is 22.2. The van der Waals surface area contributed by atoms with Gasteiger partial charge in [0.15, 0.2) is 0 Å². The first-order chi connectivity index (χ1) is 12.7. The number of carboxylic acid groups (broad SMARTS) is 1. The molecule has 26 heavy (non-hydrogen) atoms. The number of rotatable bonds is 8. The van der Waals surface area contributed by atoms with Crippen LogP contribution in [0.1, 0.15) is 50.5 Å². The number of carboxylic acids is 1. The lowest BCUT2D eigenvalue weighted by molar-refractivity contribution is -0.138. The van der Waals surface area contributed by atoms with Crippen molar-refractivity contribution in [2.24, 2.45) is 0 Å². The van der Waals surface area contributed by atoms with Gasteiger partial charge in [-0.25, -0.2) is 0 Å². The van der Waals surface area contributed by atoms with Crippen molar-refractivity contribution in [3.8, 4) is 5.75 Å². The molecule has 0 radical (unpaired) electrons. The molecule has 0 spiro atoms. The summed E-state index contributed by atoms with van der Waals surface area (Å²) in [6, 6.07) is 8.45. The van der Waals surface area contributed by atoms with E-state index in [4.69, 9.17) is 9.84 Å². The van der Waals surface area contributed by atoms with Gasteiger partial charge in [0.2, 0.25) is 0 Å².